The third-order valence-electron chi connectivity index (χ3n) is 1.65. The molecule has 0 bridgehead atoms. The smallest absolute Gasteiger partial charge is 0.323 e. The highest BCUT2D eigenvalue weighted by molar-refractivity contribution is 5.97. The number of methoxy groups -OCH3 is 1. The highest BCUT2D eigenvalue weighted by Crippen LogP contribution is 2.31. The molecule has 1 unspecified atom stereocenters. The molecule has 3 nitrogen and oxygen atoms in total. The fraction of sp³-hybridized carbons (Fsp3) is 0.429. The lowest BCUT2D eigenvalue weighted by Gasteiger charge is -2.25. The fourth-order valence-corrected chi connectivity index (χ4v) is 0.849. The van der Waals surface area contributed by atoms with Gasteiger partial charge in [-0.3, -0.25) is 4.79 Å². The monoisotopic (exact) mass is 140 g/mol. The molecular weight excluding hydrogens is 132 g/mol. The van der Waals surface area contributed by atoms with Gasteiger partial charge < -0.3 is 9.53 Å². The van der Waals surface area contributed by atoms with E-state index in [2.05, 4.69) is 4.74 Å². The van der Waals surface area contributed by atoms with E-state index in [-0.39, 0.29) is 0 Å². The van der Waals surface area contributed by atoms with E-state index in [9.17, 15) is 9.59 Å². The Kier molecular flexibility index (Phi) is 1.57. The van der Waals surface area contributed by atoms with E-state index in [0.717, 1.165) is 0 Å². The van der Waals surface area contributed by atoms with E-state index in [1.54, 1.807) is 12.2 Å². The summed E-state index contributed by atoms with van der Waals surface area (Å²) in [4.78, 5) is 21.2. The van der Waals surface area contributed by atoms with Gasteiger partial charge in [0.25, 0.3) is 0 Å². The number of rotatable bonds is 2. The Balaban J connectivity index is 2.75. The first-order chi connectivity index (χ1) is 4.75. The molecule has 0 aromatic carbocycles. The van der Waals surface area contributed by atoms with Crippen LogP contribution in [-0.4, -0.2) is 19.4 Å². The average molecular weight is 140 g/mol. The summed E-state index contributed by atoms with van der Waals surface area (Å²) >= 11 is 0. The van der Waals surface area contributed by atoms with Gasteiger partial charge in [-0.05, 0) is 6.42 Å². The molecule has 0 saturated carbocycles. The minimum absolute atomic E-state index is 0.468. The Labute approximate surface area is 58.7 Å². The number of hydrogen-bond donors (Lipinski definition) is 0. The van der Waals surface area contributed by atoms with Crippen molar-refractivity contribution in [3.05, 3.63) is 12.2 Å². The van der Waals surface area contributed by atoms with E-state index in [4.69, 9.17) is 0 Å². The molecule has 0 amide bonds. The molecular formula is C7H8O3. The zero-order valence-corrected chi connectivity index (χ0v) is 5.66. The number of carbonyl (C=O) groups excluding carboxylic acids is 2. The largest absolute Gasteiger partial charge is 0.468 e. The van der Waals surface area contributed by atoms with Crippen LogP contribution in [0.5, 0.6) is 0 Å². The molecule has 0 fully saturated rings. The molecule has 0 heterocycles. The SMILES string of the molecule is COC(=O)C1(C=O)C=CC1. The van der Waals surface area contributed by atoms with Crippen molar-refractivity contribution < 1.29 is 14.3 Å². The first kappa shape index (κ1) is 6.99. The Hall–Kier alpha value is -1.12. The Morgan fingerprint density at radius 1 is 1.80 bits per heavy atom. The van der Waals surface area contributed by atoms with E-state index in [1.165, 1.54) is 7.11 Å². The second kappa shape index (κ2) is 2.25. The van der Waals surface area contributed by atoms with Crippen LogP contribution >= 0.6 is 0 Å². The second-order valence-corrected chi connectivity index (χ2v) is 2.26. The Morgan fingerprint density at radius 2 is 2.40 bits per heavy atom. The van der Waals surface area contributed by atoms with Gasteiger partial charge in [0.15, 0.2) is 0 Å². The summed E-state index contributed by atoms with van der Waals surface area (Å²) in [7, 11) is 1.28. The molecule has 0 aromatic heterocycles. The summed E-state index contributed by atoms with van der Waals surface area (Å²) in [5.41, 5.74) is -0.950. The molecule has 0 N–H and O–H groups in total. The summed E-state index contributed by atoms with van der Waals surface area (Å²) in [5.74, 6) is -0.468. The molecule has 0 aliphatic heterocycles. The van der Waals surface area contributed by atoms with Crippen LogP contribution in [-0.2, 0) is 14.3 Å². The lowest BCUT2D eigenvalue weighted by Crippen LogP contribution is -2.35. The molecule has 1 rings (SSSR count). The van der Waals surface area contributed by atoms with Gasteiger partial charge in [-0.25, -0.2) is 0 Å². The zero-order chi connectivity index (χ0) is 7.61. The van der Waals surface area contributed by atoms with Crippen LogP contribution in [0, 0.1) is 5.41 Å². The van der Waals surface area contributed by atoms with Crippen molar-refractivity contribution in [2.75, 3.05) is 7.11 Å². The van der Waals surface area contributed by atoms with Gasteiger partial charge in [-0.1, -0.05) is 12.2 Å². The minimum atomic E-state index is -0.950. The first-order valence-corrected chi connectivity index (χ1v) is 2.97. The fourth-order valence-electron chi connectivity index (χ4n) is 0.849. The van der Waals surface area contributed by atoms with Gasteiger partial charge >= 0.3 is 5.97 Å². The molecule has 0 radical (unpaired) electrons. The second-order valence-electron chi connectivity index (χ2n) is 2.26. The summed E-state index contributed by atoms with van der Waals surface area (Å²) in [6.07, 6.45) is 4.43. The van der Waals surface area contributed by atoms with Crippen molar-refractivity contribution in [1.82, 2.24) is 0 Å². The number of esters is 1. The quantitative estimate of drug-likeness (QED) is 0.240. The molecule has 54 valence electrons. The minimum Gasteiger partial charge on any atom is -0.468 e. The highest BCUT2D eigenvalue weighted by atomic mass is 16.5. The van der Waals surface area contributed by atoms with Crippen LogP contribution in [0.25, 0.3) is 0 Å². The third kappa shape index (κ3) is 0.744. The van der Waals surface area contributed by atoms with Crippen molar-refractivity contribution in [2.45, 2.75) is 6.42 Å². The topological polar surface area (TPSA) is 43.4 Å². The van der Waals surface area contributed by atoms with Crippen LogP contribution in [0.3, 0.4) is 0 Å². The molecule has 0 saturated heterocycles. The van der Waals surface area contributed by atoms with E-state index < -0.39 is 11.4 Å². The van der Waals surface area contributed by atoms with Crippen molar-refractivity contribution >= 4 is 12.3 Å². The van der Waals surface area contributed by atoms with E-state index in [1.807, 2.05) is 0 Å². The maximum absolute atomic E-state index is 10.8. The number of hydrogen-bond acceptors (Lipinski definition) is 3. The van der Waals surface area contributed by atoms with Crippen LogP contribution < -0.4 is 0 Å². The predicted molar refractivity (Wildman–Crippen MR) is 34.3 cm³/mol. The van der Waals surface area contributed by atoms with Gasteiger partial charge in [-0.15, -0.1) is 0 Å². The number of ether oxygens (including phenoxy) is 1. The summed E-state index contributed by atoms with van der Waals surface area (Å²) in [6, 6.07) is 0. The average Bonchev–Trinajstić information content (AvgIpc) is 1.86. The maximum Gasteiger partial charge on any atom is 0.323 e. The summed E-state index contributed by atoms with van der Waals surface area (Å²) < 4.78 is 4.43. The van der Waals surface area contributed by atoms with E-state index >= 15 is 0 Å². The number of carbonyl (C=O) groups is 2. The van der Waals surface area contributed by atoms with Crippen LogP contribution in [0.2, 0.25) is 0 Å². The maximum atomic E-state index is 10.8. The summed E-state index contributed by atoms with van der Waals surface area (Å²) in [6.45, 7) is 0. The van der Waals surface area contributed by atoms with Gasteiger partial charge in [-0.2, -0.15) is 0 Å². The standard InChI is InChI=1S/C7H8O3/c1-10-6(9)7(5-8)3-2-4-7/h2-3,5H,4H2,1H3. The number of aldehydes is 1. The van der Waals surface area contributed by atoms with Gasteiger partial charge in [0, 0.05) is 0 Å². The summed E-state index contributed by atoms with van der Waals surface area (Å²) in [5, 5.41) is 0. The van der Waals surface area contributed by atoms with Crippen molar-refractivity contribution in [3.8, 4) is 0 Å². The van der Waals surface area contributed by atoms with Crippen LogP contribution in [0.4, 0.5) is 0 Å². The highest BCUT2D eigenvalue weighted by Gasteiger charge is 2.40. The molecule has 0 aromatic rings. The normalized spacial score (nSPS) is 28.9. The predicted octanol–water partition coefficient (Wildman–Crippen LogP) is 0.305. The van der Waals surface area contributed by atoms with Crippen LogP contribution in [0.15, 0.2) is 12.2 Å². The third-order valence-corrected chi connectivity index (χ3v) is 1.65. The Bertz CT molecular complexity index is 195. The zero-order valence-electron chi connectivity index (χ0n) is 5.66. The van der Waals surface area contributed by atoms with Crippen molar-refractivity contribution in [3.63, 3.8) is 0 Å². The molecule has 1 aliphatic rings. The van der Waals surface area contributed by atoms with Crippen molar-refractivity contribution in [1.29, 1.82) is 0 Å². The lowest BCUT2D eigenvalue weighted by molar-refractivity contribution is -0.152. The Morgan fingerprint density at radius 3 is 2.50 bits per heavy atom. The first-order valence-electron chi connectivity index (χ1n) is 2.97. The van der Waals surface area contributed by atoms with E-state index in [0.29, 0.717) is 12.7 Å². The molecule has 0 spiro atoms. The van der Waals surface area contributed by atoms with Crippen LogP contribution in [0.1, 0.15) is 6.42 Å². The van der Waals surface area contributed by atoms with Gasteiger partial charge in [0.05, 0.1) is 7.11 Å². The molecule has 3 heteroatoms. The number of allylic oxidation sites excluding steroid dienone is 1. The molecule has 10 heavy (non-hydrogen) atoms. The molecule has 1 atom stereocenters. The molecule has 1 aliphatic carbocycles. The van der Waals surface area contributed by atoms with Gasteiger partial charge in [0.1, 0.15) is 11.7 Å². The van der Waals surface area contributed by atoms with Crippen molar-refractivity contribution in [2.24, 2.45) is 5.41 Å². The lowest BCUT2D eigenvalue weighted by atomic mass is 9.78. The van der Waals surface area contributed by atoms with Gasteiger partial charge in [0.2, 0.25) is 0 Å².